The predicted octanol–water partition coefficient (Wildman–Crippen LogP) is 5.29. The second-order valence-corrected chi connectivity index (χ2v) is 7.54. The minimum atomic E-state index is -0.296. The molecular weight excluding hydrogens is 396 g/mol. The Morgan fingerprint density at radius 1 is 1.36 bits per heavy atom. The Morgan fingerprint density at radius 3 is 2.89 bits per heavy atom. The van der Waals surface area contributed by atoms with Crippen molar-refractivity contribution in [1.29, 1.82) is 0 Å². The first-order valence-corrected chi connectivity index (χ1v) is 9.97. The molecule has 6 nitrogen and oxygen atoms in total. The fourth-order valence-electron chi connectivity index (χ4n) is 2.40. The zero-order chi connectivity index (χ0) is 19.9. The number of thioether (sulfide) groups is 1. The summed E-state index contributed by atoms with van der Waals surface area (Å²) in [4.78, 5) is 22.1. The number of nitrogens with one attached hydrogen (secondary N) is 1. The van der Waals surface area contributed by atoms with Crippen LogP contribution >= 0.6 is 23.4 Å². The van der Waals surface area contributed by atoms with Gasteiger partial charge in [-0.25, -0.2) is 4.98 Å². The Bertz CT molecular complexity index is 990. The van der Waals surface area contributed by atoms with Gasteiger partial charge in [-0.3, -0.25) is 9.79 Å². The molecule has 0 aliphatic carbocycles. The Balaban J connectivity index is 1.75. The third-order valence-electron chi connectivity index (χ3n) is 3.81. The van der Waals surface area contributed by atoms with Gasteiger partial charge in [-0.1, -0.05) is 35.8 Å². The van der Waals surface area contributed by atoms with Crippen molar-refractivity contribution in [3.05, 3.63) is 65.1 Å². The number of carbonyl (C=O) groups excluding carboxylic acids is 1. The van der Waals surface area contributed by atoms with Gasteiger partial charge < -0.3 is 9.84 Å². The van der Waals surface area contributed by atoms with E-state index in [1.54, 1.807) is 31.5 Å². The summed E-state index contributed by atoms with van der Waals surface area (Å²) in [6.07, 6.45) is 3.96. The van der Waals surface area contributed by atoms with Crippen molar-refractivity contribution < 1.29 is 9.32 Å². The number of amides is 1. The number of benzene rings is 1. The van der Waals surface area contributed by atoms with Gasteiger partial charge in [0, 0.05) is 28.9 Å². The normalized spacial score (nSPS) is 12.2. The lowest BCUT2D eigenvalue weighted by molar-refractivity contribution is -0.115. The fraction of sp³-hybridized carbons (Fsp3) is 0.200. The maximum atomic E-state index is 12.6. The molecule has 2 aromatic heterocycles. The van der Waals surface area contributed by atoms with E-state index in [9.17, 15) is 4.79 Å². The molecule has 1 atom stereocenters. The summed E-state index contributed by atoms with van der Waals surface area (Å²) in [7, 11) is 0. The maximum absolute atomic E-state index is 12.6. The maximum Gasteiger partial charge on any atom is 0.239 e. The van der Waals surface area contributed by atoms with Crippen molar-refractivity contribution in [3.8, 4) is 0 Å². The topological polar surface area (TPSA) is 80.4 Å². The van der Waals surface area contributed by atoms with E-state index >= 15 is 0 Å². The largest absolute Gasteiger partial charge is 0.360 e. The molecule has 144 valence electrons. The Labute approximate surface area is 172 Å². The van der Waals surface area contributed by atoms with E-state index in [0.717, 1.165) is 16.1 Å². The second kappa shape index (κ2) is 9.52. The fourth-order valence-corrected chi connectivity index (χ4v) is 3.61. The first kappa shape index (κ1) is 20.1. The number of hydrogen-bond acceptors (Lipinski definition) is 6. The highest BCUT2D eigenvalue weighted by Gasteiger charge is 2.20. The molecule has 1 N–H and O–H groups in total. The number of aryl methyl sites for hydroxylation is 1. The number of carbonyl (C=O) groups is 1. The summed E-state index contributed by atoms with van der Waals surface area (Å²) in [5.41, 5.74) is 1.49. The number of hydrogen-bond donors (Lipinski definition) is 1. The predicted molar refractivity (Wildman–Crippen MR) is 113 cm³/mol. The van der Waals surface area contributed by atoms with E-state index in [-0.39, 0.29) is 11.2 Å². The molecule has 0 aliphatic heterocycles. The van der Waals surface area contributed by atoms with Crippen molar-refractivity contribution in [2.75, 3.05) is 5.32 Å². The van der Waals surface area contributed by atoms with Gasteiger partial charge in [-0.2, -0.15) is 0 Å². The molecule has 0 saturated carbocycles. The van der Waals surface area contributed by atoms with Crippen LogP contribution in [0.15, 0.2) is 63.1 Å². The van der Waals surface area contributed by atoms with Crippen LogP contribution in [-0.4, -0.2) is 27.5 Å². The molecule has 0 bridgehead atoms. The molecule has 0 aliphatic rings. The number of halogens is 1. The number of pyridine rings is 1. The SMILES string of the molecule is CCC(Sc1ccccc1N=Cc1cccnc1Cl)C(=O)Nc1cc(C)on1. The highest BCUT2D eigenvalue weighted by Crippen LogP contribution is 2.34. The van der Waals surface area contributed by atoms with Crippen LogP contribution in [0.5, 0.6) is 0 Å². The Kier molecular flexibility index (Phi) is 6.84. The van der Waals surface area contributed by atoms with E-state index < -0.39 is 0 Å². The van der Waals surface area contributed by atoms with Gasteiger partial charge in [0.05, 0.1) is 10.9 Å². The van der Waals surface area contributed by atoms with Crippen LogP contribution in [0.1, 0.15) is 24.7 Å². The van der Waals surface area contributed by atoms with Gasteiger partial charge in [0.1, 0.15) is 10.9 Å². The van der Waals surface area contributed by atoms with Gasteiger partial charge in [-0.05, 0) is 37.6 Å². The monoisotopic (exact) mass is 414 g/mol. The van der Waals surface area contributed by atoms with E-state index in [2.05, 4.69) is 20.4 Å². The summed E-state index contributed by atoms with van der Waals surface area (Å²) >= 11 is 7.54. The average Bonchev–Trinajstić information content (AvgIpc) is 3.10. The molecule has 1 amide bonds. The van der Waals surface area contributed by atoms with Gasteiger partial charge in [0.25, 0.3) is 0 Å². The molecule has 0 fully saturated rings. The zero-order valence-electron chi connectivity index (χ0n) is 15.4. The van der Waals surface area contributed by atoms with Crippen LogP contribution in [-0.2, 0) is 4.79 Å². The van der Waals surface area contributed by atoms with Crippen LogP contribution in [0.4, 0.5) is 11.5 Å². The lowest BCUT2D eigenvalue weighted by Crippen LogP contribution is -2.24. The molecule has 0 radical (unpaired) electrons. The van der Waals surface area contributed by atoms with Crippen LogP contribution in [0.2, 0.25) is 5.15 Å². The summed E-state index contributed by atoms with van der Waals surface area (Å²) < 4.78 is 4.99. The smallest absolute Gasteiger partial charge is 0.239 e. The number of aromatic nitrogens is 2. The van der Waals surface area contributed by atoms with Crippen molar-refractivity contribution in [2.24, 2.45) is 4.99 Å². The lowest BCUT2D eigenvalue weighted by Gasteiger charge is -2.14. The highest BCUT2D eigenvalue weighted by atomic mass is 35.5. The number of para-hydroxylation sites is 1. The van der Waals surface area contributed by atoms with Crippen LogP contribution in [0, 0.1) is 6.92 Å². The minimum absolute atomic E-state index is 0.130. The summed E-state index contributed by atoms with van der Waals surface area (Å²) in [6, 6.07) is 13.0. The Hall–Kier alpha value is -2.64. The quantitative estimate of drug-likeness (QED) is 0.322. The molecule has 3 aromatic rings. The van der Waals surface area contributed by atoms with Crippen molar-refractivity contribution in [3.63, 3.8) is 0 Å². The van der Waals surface area contributed by atoms with Gasteiger partial charge >= 0.3 is 0 Å². The zero-order valence-corrected chi connectivity index (χ0v) is 17.0. The number of nitrogens with zero attached hydrogens (tertiary/aromatic N) is 3. The van der Waals surface area contributed by atoms with Gasteiger partial charge in [0.15, 0.2) is 5.82 Å². The molecule has 28 heavy (non-hydrogen) atoms. The number of aliphatic imine (C=N–C) groups is 1. The minimum Gasteiger partial charge on any atom is -0.360 e. The first-order valence-electron chi connectivity index (χ1n) is 8.71. The molecule has 1 aromatic carbocycles. The van der Waals surface area contributed by atoms with Gasteiger partial charge in [-0.15, -0.1) is 11.8 Å². The molecule has 0 spiro atoms. The third kappa shape index (κ3) is 5.21. The lowest BCUT2D eigenvalue weighted by atomic mass is 10.3. The number of rotatable bonds is 7. The molecule has 2 heterocycles. The van der Waals surface area contributed by atoms with Crippen molar-refractivity contribution in [2.45, 2.75) is 30.4 Å². The van der Waals surface area contributed by atoms with Gasteiger partial charge in [0.2, 0.25) is 5.91 Å². The highest BCUT2D eigenvalue weighted by molar-refractivity contribution is 8.00. The van der Waals surface area contributed by atoms with E-state index in [1.807, 2.05) is 37.3 Å². The summed E-state index contributed by atoms with van der Waals surface area (Å²) in [6.45, 7) is 3.74. The number of anilines is 1. The average molecular weight is 415 g/mol. The second-order valence-electron chi connectivity index (χ2n) is 5.94. The third-order valence-corrected chi connectivity index (χ3v) is 5.55. The van der Waals surface area contributed by atoms with Crippen molar-refractivity contribution >= 4 is 47.0 Å². The van der Waals surface area contributed by atoms with E-state index in [0.29, 0.717) is 23.2 Å². The standard InChI is InChI=1S/C20H19ClN4O2S/c1-3-16(20(26)24-18-11-13(2)27-25-18)28-17-9-5-4-8-15(17)23-12-14-7-6-10-22-19(14)21/h4-12,16H,3H2,1-2H3,(H,24,25,26). The molecule has 1 unspecified atom stereocenters. The van der Waals surface area contributed by atoms with E-state index in [4.69, 9.17) is 16.1 Å². The van der Waals surface area contributed by atoms with Crippen molar-refractivity contribution in [1.82, 2.24) is 10.1 Å². The van der Waals surface area contributed by atoms with Crippen LogP contribution in [0.25, 0.3) is 0 Å². The van der Waals surface area contributed by atoms with Crippen LogP contribution in [0.3, 0.4) is 0 Å². The summed E-state index contributed by atoms with van der Waals surface area (Å²) in [5, 5.41) is 6.70. The van der Waals surface area contributed by atoms with Crippen LogP contribution < -0.4 is 5.32 Å². The molecular formula is C20H19ClN4O2S. The first-order chi connectivity index (χ1) is 13.6. The summed E-state index contributed by atoms with van der Waals surface area (Å²) in [5.74, 6) is 0.929. The molecule has 8 heteroatoms. The Morgan fingerprint density at radius 2 is 2.18 bits per heavy atom. The van der Waals surface area contributed by atoms with E-state index in [1.165, 1.54) is 11.8 Å². The molecule has 3 rings (SSSR count). The molecule has 0 saturated heterocycles.